The van der Waals surface area contributed by atoms with Crippen molar-refractivity contribution in [3.05, 3.63) is 0 Å². The third kappa shape index (κ3) is 7.16. The van der Waals surface area contributed by atoms with E-state index < -0.39 is 30.6 Å². The van der Waals surface area contributed by atoms with Crippen molar-refractivity contribution < 1.29 is 24.5 Å². The molecule has 0 bridgehead atoms. The Morgan fingerprint density at radius 3 is 2.40 bits per heavy atom. The summed E-state index contributed by atoms with van der Waals surface area (Å²) in [5.41, 5.74) is 0. The highest BCUT2D eigenvalue weighted by Gasteiger charge is 2.44. The van der Waals surface area contributed by atoms with Gasteiger partial charge in [-0.25, -0.2) is 0 Å². The van der Waals surface area contributed by atoms with E-state index in [1.165, 1.54) is 32.1 Å². The summed E-state index contributed by atoms with van der Waals surface area (Å²) >= 11 is 0. The second-order valence-corrected chi connectivity index (χ2v) is 9.17. The van der Waals surface area contributed by atoms with E-state index in [9.17, 15) is 15.0 Å². The zero-order valence-corrected chi connectivity index (χ0v) is 19.3. The van der Waals surface area contributed by atoms with Gasteiger partial charge in [0.25, 0.3) is 0 Å². The van der Waals surface area contributed by atoms with E-state index in [0.29, 0.717) is 6.54 Å². The molecular weight excluding hydrogens is 384 g/mol. The van der Waals surface area contributed by atoms with Crippen molar-refractivity contribution >= 4 is 5.91 Å². The predicted octanol–water partition coefficient (Wildman–Crippen LogP) is 2.34. The van der Waals surface area contributed by atoms with Crippen molar-refractivity contribution in [1.82, 2.24) is 10.6 Å². The molecule has 0 radical (unpaired) electrons. The normalized spacial score (nSPS) is 40.4. The van der Waals surface area contributed by atoms with E-state index in [-0.39, 0.29) is 17.9 Å². The molecule has 2 aliphatic heterocycles. The number of hydrogen-bond donors (Lipinski definition) is 4. The zero-order valence-electron chi connectivity index (χ0n) is 19.3. The Morgan fingerprint density at radius 1 is 1.07 bits per heavy atom. The Balaban J connectivity index is 2.02. The van der Waals surface area contributed by atoms with Crippen LogP contribution in [0.3, 0.4) is 0 Å². The van der Waals surface area contributed by atoms with Gasteiger partial charge in [-0.15, -0.1) is 0 Å². The zero-order chi connectivity index (χ0) is 22.1. The average molecular weight is 429 g/mol. The van der Waals surface area contributed by atoms with Crippen molar-refractivity contribution in [3.8, 4) is 0 Å². The van der Waals surface area contributed by atoms with Crippen LogP contribution < -0.4 is 10.6 Å². The summed E-state index contributed by atoms with van der Waals surface area (Å²) < 4.78 is 12.0. The largest absolute Gasteiger partial charge is 0.389 e. The maximum atomic E-state index is 12.8. The number of carbonyl (C=O) groups excluding carboxylic acids is 1. The Hall–Kier alpha value is -0.730. The summed E-state index contributed by atoms with van der Waals surface area (Å²) in [7, 11) is 1.70. The lowest BCUT2D eigenvalue weighted by Crippen LogP contribution is -2.62. The first kappa shape index (κ1) is 25.5. The van der Waals surface area contributed by atoms with Gasteiger partial charge in [0.15, 0.2) is 6.29 Å². The summed E-state index contributed by atoms with van der Waals surface area (Å²) in [5.74, 6) is 0.426. The van der Waals surface area contributed by atoms with Gasteiger partial charge in [-0.3, -0.25) is 4.79 Å². The van der Waals surface area contributed by atoms with E-state index in [0.717, 1.165) is 31.6 Å². The highest BCUT2D eigenvalue weighted by molar-refractivity contribution is 5.78. The molecule has 4 N–H and O–H groups in total. The van der Waals surface area contributed by atoms with Gasteiger partial charge < -0.3 is 30.3 Å². The fourth-order valence-corrected chi connectivity index (χ4v) is 4.71. The third-order valence-corrected chi connectivity index (χ3v) is 6.97. The highest BCUT2D eigenvalue weighted by atomic mass is 16.7. The molecule has 2 rings (SSSR count). The molecule has 7 heteroatoms. The van der Waals surface area contributed by atoms with Crippen LogP contribution in [0.1, 0.15) is 78.6 Å². The number of amides is 1. The second-order valence-electron chi connectivity index (χ2n) is 9.17. The number of hydrogen-bond acceptors (Lipinski definition) is 6. The minimum atomic E-state index is -1.00. The number of carbonyl (C=O) groups is 1. The van der Waals surface area contributed by atoms with Crippen LogP contribution in [0.5, 0.6) is 0 Å². The summed E-state index contributed by atoms with van der Waals surface area (Å²) in [6.45, 7) is 6.62. The van der Waals surface area contributed by atoms with Gasteiger partial charge in [0, 0.05) is 6.54 Å². The predicted molar refractivity (Wildman–Crippen MR) is 117 cm³/mol. The molecular formula is C23H44N2O5. The first-order chi connectivity index (χ1) is 14.4. The first-order valence-electron chi connectivity index (χ1n) is 12.0. The number of rotatable bonds is 4. The molecule has 0 aromatic carbocycles. The second kappa shape index (κ2) is 13.0. The van der Waals surface area contributed by atoms with Gasteiger partial charge in [0.2, 0.25) is 5.91 Å². The Bertz CT molecular complexity index is 506. The highest BCUT2D eigenvalue weighted by Crippen LogP contribution is 2.27. The van der Waals surface area contributed by atoms with Crippen LogP contribution in [0.25, 0.3) is 0 Å². The minimum Gasteiger partial charge on any atom is -0.389 e. The Morgan fingerprint density at radius 2 is 1.73 bits per heavy atom. The topological polar surface area (TPSA) is 100 Å². The fraction of sp³-hybridized carbons (Fsp3) is 0.957. The van der Waals surface area contributed by atoms with Gasteiger partial charge in [-0.05, 0) is 39.2 Å². The number of aliphatic hydroxyl groups is 2. The Labute approximate surface area is 182 Å². The van der Waals surface area contributed by atoms with Crippen molar-refractivity contribution in [2.75, 3.05) is 13.6 Å². The molecule has 2 fully saturated rings. The van der Waals surface area contributed by atoms with Crippen molar-refractivity contribution in [3.63, 3.8) is 0 Å². The number of aliphatic hydroxyl groups excluding tert-OH is 2. The average Bonchev–Trinajstić information content (AvgIpc) is 2.73. The minimum absolute atomic E-state index is 0.00587. The molecule has 2 aliphatic rings. The van der Waals surface area contributed by atoms with E-state index in [1.807, 2.05) is 6.92 Å². The maximum Gasteiger partial charge on any atom is 0.225 e. The lowest BCUT2D eigenvalue weighted by molar-refractivity contribution is -0.287. The molecule has 7 nitrogen and oxygen atoms in total. The molecule has 8 atom stereocenters. The molecule has 1 amide bonds. The molecule has 0 aromatic heterocycles. The van der Waals surface area contributed by atoms with E-state index in [2.05, 4.69) is 17.6 Å². The van der Waals surface area contributed by atoms with E-state index in [1.54, 1.807) is 14.0 Å². The number of likely N-dealkylation sites (N-methyl/N-ethyl adjacent to an activating group) is 1. The first-order valence-corrected chi connectivity index (χ1v) is 12.0. The lowest BCUT2D eigenvalue weighted by Gasteiger charge is -2.43. The van der Waals surface area contributed by atoms with Gasteiger partial charge in [0.05, 0.1) is 30.3 Å². The van der Waals surface area contributed by atoms with Crippen LogP contribution in [0.2, 0.25) is 0 Å². The van der Waals surface area contributed by atoms with Gasteiger partial charge in [-0.1, -0.05) is 52.4 Å². The quantitative estimate of drug-likeness (QED) is 0.548. The summed E-state index contributed by atoms with van der Waals surface area (Å²) in [4.78, 5) is 12.8. The third-order valence-electron chi connectivity index (χ3n) is 6.97. The Kier molecular flexibility index (Phi) is 11.0. The van der Waals surface area contributed by atoms with Crippen LogP contribution in [0.15, 0.2) is 0 Å². The summed E-state index contributed by atoms with van der Waals surface area (Å²) in [6.07, 6.45) is 6.47. The maximum absolute atomic E-state index is 12.8. The van der Waals surface area contributed by atoms with Crippen molar-refractivity contribution in [1.29, 1.82) is 0 Å². The molecule has 2 saturated heterocycles. The number of ether oxygens (including phenoxy) is 2. The van der Waals surface area contributed by atoms with Crippen LogP contribution >= 0.6 is 0 Å². The molecule has 2 heterocycles. The van der Waals surface area contributed by atoms with Gasteiger partial charge in [0.1, 0.15) is 6.10 Å². The molecule has 30 heavy (non-hydrogen) atoms. The monoisotopic (exact) mass is 428 g/mol. The number of nitrogens with one attached hydrogen (secondary N) is 2. The molecule has 0 unspecified atom stereocenters. The van der Waals surface area contributed by atoms with Crippen LogP contribution in [0.4, 0.5) is 0 Å². The van der Waals surface area contributed by atoms with Crippen LogP contribution in [-0.2, 0) is 14.3 Å². The molecule has 176 valence electrons. The van der Waals surface area contributed by atoms with Crippen LogP contribution in [-0.4, -0.2) is 66.5 Å². The van der Waals surface area contributed by atoms with Crippen molar-refractivity contribution in [2.24, 2.45) is 11.8 Å². The lowest BCUT2D eigenvalue weighted by atomic mass is 9.92. The standard InChI is InChI=1S/C23H44N2O5/c1-5-17-11-8-6-7-9-13-18(15(2)22(28)25-14-10-12-17)30-23-21(27)19(24-4)20(26)16(3)29-23/h15-21,23-24,26-27H,5-14H2,1-4H3,(H,25,28)/t15-,16-,17-,18+,19+,20+,21+,23-/m0/s1. The summed E-state index contributed by atoms with van der Waals surface area (Å²) in [6, 6.07) is -0.534. The SMILES string of the molecule is CC[C@H]1CCCCCC[C@@H](O[C@@H]2O[C@@H](C)[C@@H](O)[C@@H](NC)[C@H]2O)[C@H](C)C(=O)NCCC1. The summed E-state index contributed by atoms with van der Waals surface area (Å²) in [5, 5.41) is 26.9. The molecule has 0 aromatic rings. The van der Waals surface area contributed by atoms with Gasteiger partial charge >= 0.3 is 0 Å². The van der Waals surface area contributed by atoms with E-state index >= 15 is 0 Å². The van der Waals surface area contributed by atoms with Crippen LogP contribution in [0, 0.1) is 11.8 Å². The van der Waals surface area contributed by atoms with Crippen molar-refractivity contribution in [2.45, 2.75) is 115 Å². The molecule has 0 aliphatic carbocycles. The van der Waals surface area contributed by atoms with E-state index in [4.69, 9.17) is 9.47 Å². The fourth-order valence-electron chi connectivity index (χ4n) is 4.71. The van der Waals surface area contributed by atoms with Gasteiger partial charge in [-0.2, -0.15) is 0 Å². The molecule has 0 spiro atoms. The smallest absolute Gasteiger partial charge is 0.225 e. The molecule has 0 saturated carbocycles.